The summed E-state index contributed by atoms with van der Waals surface area (Å²) in [5.41, 5.74) is 1.15. The normalized spacial score (nSPS) is 14.5. The fraction of sp³-hybridized carbons (Fsp3) is 0.100. The Hall–Kier alpha value is -2.67. The van der Waals surface area contributed by atoms with Gasteiger partial charge in [0.2, 0.25) is 0 Å². The predicted molar refractivity (Wildman–Crippen MR) is 107 cm³/mol. The van der Waals surface area contributed by atoms with Crippen LogP contribution >= 0.6 is 23.2 Å². The van der Waals surface area contributed by atoms with E-state index >= 15 is 0 Å². The third kappa shape index (κ3) is 3.42. The van der Waals surface area contributed by atoms with Crippen molar-refractivity contribution in [3.8, 4) is 22.6 Å². The van der Waals surface area contributed by atoms with Crippen molar-refractivity contribution < 1.29 is 14.0 Å². The van der Waals surface area contributed by atoms with Crippen LogP contribution in [0.15, 0.2) is 64.3 Å². The lowest BCUT2D eigenvalue weighted by Gasteiger charge is -2.26. The van der Waals surface area contributed by atoms with Crippen molar-refractivity contribution in [3.05, 3.63) is 76.2 Å². The highest BCUT2D eigenvalue weighted by Gasteiger charge is 2.30. The van der Waals surface area contributed by atoms with Crippen LogP contribution in [0.1, 0.15) is 11.8 Å². The highest BCUT2D eigenvalue weighted by atomic mass is 35.5. The molecule has 142 valence electrons. The van der Waals surface area contributed by atoms with E-state index in [-0.39, 0.29) is 27.6 Å². The third-order valence-corrected chi connectivity index (χ3v) is 4.89. The third-order valence-electron chi connectivity index (χ3n) is 4.33. The van der Waals surface area contributed by atoms with Gasteiger partial charge in [-0.05, 0) is 36.4 Å². The molecule has 1 aromatic heterocycles. The minimum atomic E-state index is -1.18. The number of aliphatic imine (C=N–C) groups is 1. The van der Waals surface area contributed by atoms with Gasteiger partial charge >= 0.3 is 0 Å². The van der Waals surface area contributed by atoms with Crippen molar-refractivity contribution in [3.63, 3.8) is 0 Å². The van der Waals surface area contributed by atoms with Crippen molar-refractivity contribution in [2.45, 2.75) is 6.23 Å². The van der Waals surface area contributed by atoms with Gasteiger partial charge in [-0.1, -0.05) is 40.5 Å². The Kier molecular flexibility index (Phi) is 5.17. The van der Waals surface area contributed by atoms with E-state index in [4.69, 9.17) is 27.7 Å². The Balaban J connectivity index is 1.91. The van der Waals surface area contributed by atoms with Crippen molar-refractivity contribution >= 4 is 29.5 Å². The zero-order valence-corrected chi connectivity index (χ0v) is 15.9. The largest absolute Gasteiger partial charge is 0.369 e. The van der Waals surface area contributed by atoms with E-state index in [9.17, 15) is 9.50 Å². The van der Waals surface area contributed by atoms with Gasteiger partial charge in [0, 0.05) is 28.9 Å². The Bertz CT molecular complexity index is 1080. The van der Waals surface area contributed by atoms with E-state index in [0.29, 0.717) is 17.1 Å². The second kappa shape index (κ2) is 7.75. The summed E-state index contributed by atoms with van der Waals surface area (Å²) in [6.07, 6.45) is 3.73. The van der Waals surface area contributed by atoms with Gasteiger partial charge < -0.3 is 14.5 Å². The number of rotatable bonds is 4. The van der Waals surface area contributed by atoms with E-state index in [1.54, 1.807) is 47.5 Å². The number of aliphatic hydroxyl groups is 1. The van der Waals surface area contributed by atoms with Gasteiger partial charge in [-0.15, -0.1) is 0 Å². The Morgan fingerprint density at radius 1 is 1.14 bits per heavy atom. The Morgan fingerprint density at radius 3 is 2.68 bits per heavy atom. The fourth-order valence-corrected chi connectivity index (χ4v) is 3.36. The average Bonchev–Trinajstić information content (AvgIpc) is 3.13. The SMILES string of the molecule is OC(c1c(-c2ccc(Cl)cc2F)noc1-c1ccccc1Cl)N1C=NC=CC1. The van der Waals surface area contributed by atoms with Crippen LogP contribution in [0.25, 0.3) is 22.6 Å². The van der Waals surface area contributed by atoms with Crippen molar-refractivity contribution in [1.82, 2.24) is 10.1 Å². The molecular formula is C20H14Cl2FN3O2. The quantitative estimate of drug-likeness (QED) is 0.625. The number of halogens is 3. The average molecular weight is 418 g/mol. The maximum absolute atomic E-state index is 14.6. The molecule has 8 heteroatoms. The van der Waals surface area contributed by atoms with Crippen LogP contribution in [0.3, 0.4) is 0 Å². The summed E-state index contributed by atoms with van der Waals surface area (Å²) >= 11 is 12.2. The number of hydrogen-bond acceptors (Lipinski definition) is 5. The Morgan fingerprint density at radius 2 is 1.96 bits per heavy atom. The number of benzene rings is 2. The summed E-state index contributed by atoms with van der Waals surface area (Å²) in [7, 11) is 0. The van der Waals surface area contributed by atoms with E-state index in [2.05, 4.69) is 10.1 Å². The number of aromatic nitrogens is 1. The van der Waals surface area contributed by atoms with Crippen LogP contribution in [0.2, 0.25) is 10.0 Å². The van der Waals surface area contributed by atoms with Crippen LogP contribution in [0.5, 0.6) is 0 Å². The predicted octanol–water partition coefficient (Wildman–Crippen LogP) is 5.30. The van der Waals surface area contributed by atoms with Gasteiger partial charge in [-0.3, -0.25) is 0 Å². The summed E-state index contributed by atoms with van der Waals surface area (Å²) in [4.78, 5) is 5.61. The van der Waals surface area contributed by atoms with Crippen LogP contribution < -0.4 is 0 Å². The number of nitrogens with zero attached hydrogens (tertiary/aromatic N) is 3. The van der Waals surface area contributed by atoms with Gasteiger partial charge in [-0.25, -0.2) is 9.38 Å². The van der Waals surface area contributed by atoms with E-state index in [0.717, 1.165) is 0 Å². The molecule has 0 spiro atoms. The van der Waals surface area contributed by atoms with Crippen LogP contribution in [-0.4, -0.2) is 28.0 Å². The van der Waals surface area contributed by atoms with Gasteiger partial charge in [-0.2, -0.15) is 0 Å². The molecule has 0 bridgehead atoms. The maximum Gasteiger partial charge on any atom is 0.176 e. The second-order valence-electron chi connectivity index (χ2n) is 6.10. The molecule has 2 heterocycles. The molecule has 28 heavy (non-hydrogen) atoms. The molecule has 0 amide bonds. The van der Waals surface area contributed by atoms with Gasteiger partial charge in [0.25, 0.3) is 0 Å². The molecule has 0 saturated heterocycles. The zero-order chi connectivity index (χ0) is 19.7. The molecule has 1 unspecified atom stereocenters. The molecule has 1 atom stereocenters. The van der Waals surface area contributed by atoms with Gasteiger partial charge in [0.15, 0.2) is 12.0 Å². The molecule has 4 rings (SSSR count). The van der Waals surface area contributed by atoms with Crippen molar-refractivity contribution in [1.29, 1.82) is 0 Å². The van der Waals surface area contributed by atoms with Gasteiger partial charge in [0.1, 0.15) is 11.5 Å². The first-order valence-electron chi connectivity index (χ1n) is 8.38. The van der Waals surface area contributed by atoms with E-state index < -0.39 is 12.0 Å². The standard InChI is InChI=1S/C20H14Cl2FN3O2/c21-12-6-7-14(16(23)10-12)18-17(20(27)26-9-3-8-24-11-26)19(28-25-18)13-4-1-2-5-15(13)22/h1-8,10-11,20,27H,9H2. The zero-order valence-electron chi connectivity index (χ0n) is 14.4. The smallest absolute Gasteiger partial charge is 0.176 e. The lowest BCUT2D eigenvalue weighted by Crippen LogP contribution is -2.29. The van der Waals surface area contributed by atoms with E-state index in [1.165, 1.54) is 18.5 Å². The molecular weight excluding hydrogens is 404 g/mol. The number of aliphatic hydroxyl groups excluding tert-OH is 1. The Labute approximate surface area is 170 Å². The number of hydrogen-bond donors (Lipinski definition) is 1. The maximum atomic E-state index is 14.6. The van der Waals surface area contributed by atoms with Crippen LogP contribution in [0.4, 0.5) is 4.39 Å². The molecule has 0 fully saturated rings. The molecule has 5 nitrogen and oxygen atoms in total. The summed E-state index contributed by atoms with van der Waals surface area (Å²) in [5, 5.41) is 15.8. The highest BCUT2D eigenvalue weighted by Crippen LogP contribution is 2.41. The first-order valence-corrected chi connectivity index (χ1v) is 9.14. The summed E-state index contributed by atoms with van der Waals surface area (Å²) in [6.45, 7) is 0.417. The molecule has 3 aromatic rings. The molecule has 1 aliphatic heterocycles. The topological polar surface area (TPSA) is 61.9 Å². The molecule has 0 saturated carbocycles. The summed E-state index contributed by atoms with van der Waals surface area (Å²) in [6, 6.07) is 11.2. The first kappa shape index (κ1) is 18.7. The first-order chi connectivity index (χ1) is 13.6. The lowest BCUT2D eigenvalue weighted by molar-refractivity contribution is 0.0632. The minimum Gasteiger partial charge on any atom is -0.369 e. The fourth-order valence-electron chi connectivity index (χ4n) is 2.98. The van der Waals surface area contributed by atoms with E-state index in [1.807, 2.05) is 0 Å². The van der Waals surface area contributed by atoms with Crippen LogP contribution in [0, 0.1) is 5.82 Å². The van der Waals surface area contributed by atoms with Gasteiger partial charge in [0.05, 0.1) is 16.9 Å². The minimum absolute atomic E-state index is 0.157. The summed E-state index contributed by atoms with van der Waals surface area (Å²) < 4.78 is 20.1. The molecule has 0 radical (unpaired) electrons. The molecule has 2 aromatic carbocycles. The summed E-state index contributed by atoms with van der Waals surface area (Å²) in [5.74, 6) is -0.322. The highest BCUT2D eigenvalue weighted by molar-refractivity contribution is 6.33. The molecule has 0 aliphatic carbocycles. The van der Waals surface area contributed by atoms with Crippen LogP contribution in [-0.2, 0) is 0 Å². The molecule has 1 N–H and O–H groups in total. The molecule has 1 aliphatic rings. The lowest BCUT2D eigenvalue weighted by atomic mass is 10.00. The monoisotopic (exact) mass is 417 g/mol. The second-order valence-corrected chi connectivity index (χ2v) is 6.94. The van der Waals surface area contributed by atoms with Crippen molar-refractivity contribution in [2.24, 2.45) is 4.99 Å². The van der Waals surface area contributed by atoms with Crippen molar-refractivity contribution in [2.75, 3.05) is 6.54 Å².